The Kier molecular flexibility index (Phi) is 7.51. The molecule has 0 saturated carbocycles. The second-order valence-electron chi connectivity index (χ2n) is 12.7. The first-order chi connectivity index (χ1) is 19.5. The van der Waals surface area contributed by atoms with Gasteiger partial charge in [0.1, 0.15) is 0 Å². The molecule has 5 aromatic rings. The summed E-state index contributed by atoms with van der Waals surface area (Å²) in [5, 5.41) is 14.3. The van der Waals surface area contributed by atoms with Gasteiger partial charge in [-0.3, -0.25) is 14.1 Å². The number of hydrogen-bond donors (Lipinski definition) is 1. The maximum atomic E-state index is 14.2. The number of aromatic nitrogens is 7. The minimum absolute atomic E-state index is 0.00732. The molecule has 1 N–H and O–H groups in total. The number of imidazole rings is 1. The first-order valence-corrected chi connectivity index (χ1v) is 14.2. The number of pyridine rings is 1. The summed E-state index contributed by atoms with van der Waals surface area (Å²) >= 11 is 0. The molecular formula is C33H39N7O. The number of tetrazole rings is 1. The van der Waals surface area contributed by atoms with Crippen molar-refractivity contribution in [3.8, 4) is 28.2 Å². The number of nitrogens with one attached hydrogen (secondary N) is 1. The van der Waals surface area contributed by atoms with Crippen LogP contribution >= 0.6 is 0 Å². The average molecular weight is 550 g/mol. The van der Waals surface area contributed by atoms with E-state index in [2.05, 4.69) is 123 Å². The van der Waals surface area contributed by atoms with E-state index in [-0.39, 0.29) is 16.5 Å². The fraction of sp³-hybridized carbons (Fsp3) is 0.364. The molecule has 0 bridgehead atoms. The molecule has 0 radical (unpaired) electrons. The van der Waals surface area contributed by atoms with E-state index in [1.54, 1.807) is 6.20 Å². The lowest BCUT2D eigenvalue weighted by Gasteiger charge is -2.29. The predicted octanol–water partition coefficient (Wildman–Crippen LogP) is 6.48. The van der Waals surface area contributed by atoms with E-state index in [9.17, 15) is 4.79 Å². The third-order valence-corrected chi connectivity index (χ3v) is 7.49. The molecule has 41 heavy (non-hydrogen) atoms. The van der Waals surface area contributed by atoms with Gasteiger partial charge in [-0.1, -0.05) is 97.4 Å². The van der Waals surface area contributed by atoms with E-state index in [0.29, 0.717) is 12.4 Å². The molecule has 8 heteroatoms. The molecule has 3 aromatic heterocycles. The first-order valence-electron chi connectivity index (χ1n) is 14.2. The number of H-pyrrole nitrogens is 1. The van der Waals surface area contributed by atoms with Gasteiger partial charge in [0.05, 0.1) is 12.2 Å². The van der Waals surface area contributed by atoms with Crippen molar-refractivity contribution in [1.29, 1.82) is 0 Å². The van der Waals surface area contributed by atoms with Gasteiger partial charge in [0.2, 0.25) is 0 Å². The first kappa shape index (κ1) is 28.2. The van der Waals surface area contributed by atoms with Crippen LogP contribution in [0, 0.1) is 0 Å². The SMILES string of the molecule is CCCc1cn(-c2c(C(C)(C)C)cccc2C(C)(C)C)c(=O)n1Cc1ccc(-c2cnccc2-c2nnn[nH]2)cc1. The number of para-hydroxylation sites is 1. The van der Waals surface area contributed by atoms with Gasteiger partial charge in [0.25, 0.3) is 0 Å². The normalized spacial score (nSPS) is 12.2. The molecule has 212 valence electrons. The molecule has 0 aliphatic rings. The van der Waals surface area contributed by atoms with E-state index >= 15 is 0 Å². The van der Waals surface area contributed by atoms with Gasteiger partial charge in [-0.05, 0) is 56.0 Å². The maximum Gasteiger partial charge on any atom is 0.333 e. The Bertz CT molecular complexity index is 1660. The van der Waals surface area contributed by atoms with Crippen molar-refractivity contribution in [2.45, 2.75) is 78.7 Å². The Labute approximate surface area is 241 Å². The van der Waals surface area contributed by atoms with E-state index in [4.69, 9.17) is 0 Å². The van der Waals surface area contributed by atoms with Crippen molar-refractivity contribution >= 4 is 0 Å². The smallest absolute Gasteiger partial charge is 0.292 e. The van der Waals surface area contributed by atoms with Crippen molar-refractivity contribution in [1.82, 2.24) is 34.7 Å². The van der Waals surface area contributed by atoms with Gasteiger partial charge in [-0.25, -0.2) is 9.89 Å². The number of nitrogens with zero attached hydrogens (tertiary/aromatic N) is 6. The minimum atomic E-state index is -0.119. The van der Waals surface area contributed by atoms with Crippen LogP contribution in [-0.2, 0) is 23.8 Å². The highest BCUT2D eigenvalue weighted by Crippen LogP contribution is 2.36. The molecule has 0 atom stereocenters. The topological polar surface area (TPSA) is 94.3 Å². The van der Waals surface area contributed by atoms with Crippen molar-refractivity contribution in [3.63, 3.8) is 0 Å². The van der Waals surface area contributed by atoms with Gasteiger partial charge in [-0.2, -0.15) is 0 Å². The van der Waals surface area contributed by atoms with Crippen LogP contribution in [0.15, 0.2) is 71.9 Å². The molecule has 0 fully saturated rings. The zero-order valence-electron chi connectivity index (χ0n) is 25.1. The van der Waals surface area contributed by atoms with E-state index < -0.39 is 0 Å². The standard InChI is InChI=1S/C33H39N7O/c1-8-10-24-21-40(29-27(32(2,3)4)11-9-12-28(29)33(5,6)7)31(41)39(24)20-22-13-15-23(16-14-22)26-19-34-18-17-25(26)30-35-37-38-36-30/h9,11-19,21H,8,10,20H2,1-7H3,(H,35,36,37,38). The molecule has 2 aromatic carbocycles. The van der Waals surface area contributed by atoms with E-state index in [1.165, 1.54) is 11.1 Å². The van der Waals surface area contributed by atoms with Crippen molar-refractivity contribution in [2.75, 3.05) is 0 Å². The van der Waals surface area contributed by atoms with Crippen molar-refractivity contribution in [3.05, 3.63) is 100.0 Å². The molecule has 5 rings (SSSR count). The summed E-state index contributed by atoms with van der Waals surface area (Å²) in [5.74, 6) is 0.591. The maximum absolute atomic E-state index is 14.2. The molecule has 3 heterocycles. The summed E-state index contributed by atoms with van der Waals surface area (Å²) in [6, 6.07) is 16.6. The molecule has 0 aliphatic carbocycles. The Morgan fingerprint density at radius 3 is 2.15 bits per heavy atom. The lowest BCUT2D eigenvalue weighted by atomic mass is 9.78. The predicted molar refractivity (Wildman–Crippen MR) is 163 cm³/mol. The number of benzene rings is 2. The van der Waals surface area contributed by atoms with Crippen LogP contribution in [0.25, 0.3) is 28.2 Å². The molecule has 0 saturated heterocycles. The summed E-state index contributed by atoms with van der Waals surface area (Å²) in [6.07, 6.45) is 7.39. The van der Waals surface area contributed by atoms with Gasteiger partial charge in [-0.15, -0.1) is 5.10 Å². The summed E-state index contributed by atoms with van der Waals surface area (Å²) in [5.41, 5.74) is 8.01. The van der Waals surface area contributed by atoms with Crippen LogP contribution in [-0.4, -0.2) is 34.7 Å². The molecule has 0 unspecified atom stereocenters. The molecular weight excluding hydrogens is 510 g/mol. The summed E-state index contributed by atoms with van der Waals surface area (Å²) < 4.78 is 3.83. The summed E-state index contributed by atoms with van der Waals surface area (Å²) in [7, 11) is 0. The quantitative estimate of drug-likeness (QED) is 0.251. The zero-order valence-corrected chi connectivity index (χ0v) is 25.1. The molecule has 0 aliphatic heterocycles. The number of rotatable bonds is 7. The highest BCUT2D eigenvalue weighted by Gasteiger charge is 2.28. The minimum Gasteiger partial charge on any atom is -0.292 e. The number of hydrogen-bond acceptors (Lipinski definition) is 5. The summed E-state index contributed by atoms with van der Waals surface area (Å²) in [6.45, 7) is 15.9. The van der Waals surface area contributed by atoms with Crippen LogP contribution in [0.3, 0.4) is 0 Å². The van der Waals surface area contributed by atoms with Crippen LogP contribution in [0.1, 0.15) is 77.3 Å². The van der Waals surface area contributed by atoms with Gasteiger partial charge in [0, 0.05) is 35.4 Å². The second-order valence-corrected chi connectivity index (χ2v) is 12.7. The lowest BCUT2D eigenvalue weighted by Crippen LogP contribution is -2.29. The van der Waals surface area contributed by atoms with Crippen LogP contribution < -0.4 is 5.69 Å². The molecule has 0 amide bonds. The second kappa shape index (κ2) is 10.9. The zero-order chi connectivity index (χ0) is 29.4. The Morgan fingerprint density at radius 2 is 1.56 bits per heavy atom. The largest absolute Gasteiger partial charge is 0.333 e. The van der Waals surface area contributed by atoms with Crippen LogP contribution in [0.2, 0.25) is 0 Å². The fourth-order valence-electron chi connectivity index (χ4n) is 5.40. The molecule has 8 nitrogen and oxygen atoms in total. The van der Waals surface area contributed by atoms with Crippen molar-refractivity contribution < 1.29 is 0 Å². The average Bonchev–Trinajstić information content (AvgIpc) is 3.57. The highest BCUT2D eigenvalue weighted by atomic mass is 16.1. The van der Waals surface area contributed by atoms with Crippen LogP contribution in [0.4, 0.5) is 0 Å². The van der Waals surface area contributed by atoms with E-state index in [0.717, 1.165) is 46.5 Å². The Hall–Kier alpha value is -4.33. The van der Waals surface area contributed by atoms with Gasteiger partial charge < -0.3 is 0 Å². The Morgan fingerprint density at radius 1 is 0.878 bits per heavy atom. The fourth-order valence-corrected chi connectivity index (χ4v) is 5.40. The molecule has 0 spiro atoms. The van der Waals surface area contributed by atoms with Crippen LogP contribution in [0.5, 0.6) is 0 Å². The van der Waals surface area contributed by atoms with Gasteiger partial charge in [0.15, 0.2) is 5.82 Å². The monoisotopic (exact) mass is 549 g/mol. The third kappa shape index (κ3) is 5.64. The lowest BCUT2D eigenvalue weighted by molar-refractivity contribution is 0.559. The number of aryl methyl sites for hydroxylation is 1. The number of aromatic amines is 1. The van der Waals surface area contributed by atoms with Crippen molar-refractivity contribution in [2.24, 2.45) is 0 Å². The Balaban J connectivity index is 1.56. The summed E-state index contributed by atoms with van der Waals surface area (Å²) in [4.78, 5) is 18.5. The van der Waals surface area contributed by atoms with E-state index in [1.807, 2.05) is 21.4 Å². The van der Waals surface area contributed by atoms with Gasteiger partial charge >= 0.3 is 5.69 Å². The third-order valence-electron chi connectivity index (χ3n) is 7.49. The highest BCUT2D eigenvalue weighted by molar-refractivity contribution is 5.79.